The molecule has 1 N–H and O–H groups in total. The summed E-state index contributed by atoms with van der Waals surface area (Å²) < 4.78 is 27.7. The number of hydrogen-bond acceptors (Lipinski definition) is 4. The standard InChI is InChI=1S/C20H28F2N4.C14H18.C2H4.CH2O/c1-6-23-19(17-8-7-9-18(16(17)3)20(4,21)22)24-15(2)14-26-12-10-25(5)11-13-26;1-5-13(9-11(2)3)14-8-6-7-12(4)10-14;2*1-2/h6-9,14H,1,10-13H2,2-5H3,(H,23,24);5-10H,1-4H3;1-2H2;1H2/b15-14+;13-5+;;. The van der Waals surface area contributed by atoms with E-state index in [2.05, 4.69) is 117 Å². The van der Waals surface area contributed by atoms with E-state index in [1.54, 1.807) is 19.1 Å². The van der Waals surface area contributed by atoms with Crippen LogP contribution in [0.2, 0.25) is 0 Å². The molecule has 5 nitrogen and oxygen atoms in total. The largest absolute Gasteiger partial charge is 0.373 e. The van der Waals surface area contributed by atoms with Gasteiger partial charge in [0.05, 0.1) is 0 Å². The van der Waals surface area contributed by atoms with Gasteiger partial charge >= 0.3 is 0 Å². The van der Waals surface area contributed by atoms with Gasteiger partial charge in [-0.15, -0.1) is 13.2 Å². The highest BCUT2D eigenvalue weighted by Gasteiger charge is 2.27. The van der Waals surface area contributed by atoms with Crippen molar-refractivity contribution < 1.29 is 13.6 Å². The number of allylic oxidation sites excluding steroid dienone is 5. The van der Waals surface area contributed by atoms with Crippen LogP contribution in [-0.4, -0.2) is 55.7 Å². The smallest absolute Gasteiger partial charge is 0.270 e. The van der Waals surface area contributed by atoms with E-state index < -0.39 is 5.92 Å². The van der Waals surface area contributed by atoms with E-state index in [0.717, 1.165) is 38.8 Å². The first-order valence-electron chi connectivity index (χ1n) is 14.6. The summed E-state index contributed by atoms with van der Waals surface area (Å²) in [6.45, 7) is 28.6. The van der Waals surface area contributed by atoms with Crippen molar-refractivity contribution in [3.05, 3.63) is 126 Å². The van der Waals surface area contributed by atoms with E-state index in [4.69, 9.17) is 4.79 Å². The SMILES string of the molecule is C/C=C(\C=C(C)C)c1cccc(C)c1.C=C.C=CN=C(N/C(C)=C/N1CCN(C)CC1)c1cccc(C(C)(F)F)c1C.C=O. The molecule has 3 rings (SSSR count). The Morgan fingerprint density at radius 2 is 1.59 bits per heavy atom. The monoisotopic (exact) mass is 606 g/mol. The van der Waals surface area contributed by atoms with Gasteiger partial charge < -0.3 is 19.9 Å². The zero-order valence-electron chi connectivity index (χ0n) is 28.0. The number of nitrogens with one attached hydrogen (secondary N) is 1. The number of rotatable bonds is 7. The Kier molecular flexibility index (Phi) is 18.8. The lowest BCUT2D eigenvalue weighted by molar-refractivity contribution is -0.0980. The van der Waals surface area contributed by atoms with Crippen molar-refractivity contribution >= 4 is 18.2 Å². The average molecular weight is 607 g/mol. The number of amidine groups is 1. The summed E-state index contributed by atoms with van der Waals surface area (Å²) in [7, 11) is 2.11. The van der Waals surface area contributed by atoms with Gasteiger partial charge in [0, 0.05) is 62.3 Å². The van der Waals surface area contributed by atoms with Crippen molar-refractivity contribution in [1.29, 1.82) is 0 Å². The Labute approximate surface area is 265 Å². The van der Waals surface area contributed by atoms with Crippen LogP contribution in [0.4, 0.5) is 8.78 Å². The van der Waals surface area contributed by atoms with Gasteiger partial charge in [-0.1, -0.05) is 72.3 Å². The Hall–Kier alpha value is -4.10. The van der Waals surface area contributed by atoms with E-state index in [9.17, 15) is 8.78 Å². The van der Waals surface area contributed by atoms with Crippen LogP contribution >= 0.6 is 0 Å². The van der Waals surface area contributed by atoms with Crippen LogP contribution in [0.3, 0.4) is 0 Å². The summed E-state index contributed by atoms with van der Waals surface area (Å²) >= 11 is 0. The highest BCUT2D eigenvalue weighted by Crippen LogP contribution is 2.31. The maximum atomic E-state index is 13.8. The molecule has 1 saturated heterocycles. The first kappa shape index (κ1) is 39.9. The molecule has 240 valence electrons. The number of halogens is 2. The molecule has 0 bridgehead atoms. The minimum absolute atomic E-state index is 0.00858. The van der Waals surface area contributed by atoms with Crippen molar-refractivity contribution in [2.45, 2.75) is 54.4 Å². The maximum absolute atomic E-state index is 13.8. The minimum atomic E-state index is -2.90. The molecule has 0 aromatic heterocycles. The van der Waals surface area contributed by atoms with Gasteiger partial charge in [-0.25, -0.2) is 13.8 Å². The zero-order chi connectivity index (χ0) is 33.9. The van der Waals surface area contributed by atoms with Crippen LogP contribution in [0.5, 0.6) is 0 Å². The van der Waals surface area contributed by atoms with Gasteiger partial charge in [0.15, 0.2) is 0 Å². The summed E-state index contributed by atoms with van der Waals surface area (Å²) in [5.74, 6) is -2.38. The molecule has 2 aromatic rings. The highest BCUT2D eigenvalue weighted by atomic mass is 19.3. The van der Waals surface area contributed by atoms with Crippen molar-refractivity contribution in [3.63, 3.8) is 0 Å². The lowest BCUT2D eigenvalue weighted by atomic mass is 9.97. The highest BCUT2D eigenvalue weighted by molar-refractivity contribution is 6.01. The average Bonchev–Trinajstić information content (AvgIpc) is 2.99. The quantitative estimate of drug-likeness (QED) is 0.148. The third kappa shape index (κ3) is 13.9. The van der Waals surface area contributed by atoms with Crippen LogP contribution in [0.1, 0.15) is 62.4 Å². The van der Waals surface area contributed by atoms with Gasteiger partial charge in [0.1, 0.15) is 12.6 Å². The number of benzene rings is 2. The molecule has 0 radical (unpaired) electrons. The van der Waals surface area contributed by atoms with E-state index in [1.807, 2.05) is 13.7 Å². The number of likely N-dealkylation sites (N-methyl/N-ethyl adjacent to an activating group) is 1. The predicted octanol–water partition coefficient (Wildman–Crippen LogP) is 8.68. The molecule has 1 aliphatic rings. The van der Waals surface area contributed by atoms with Gasteiger partial charge in [-0.3, -0.25) is 0 Å². The Balaban J connectivity index is 0.000000866. The Morgan fingerprint density at radius 3 is 2.09 bits per heavy atom. The molecule has 0 saturated carbocycles. The first-order valence-corrected chi connectivity index (χ1v) is 14.6. The molecule has 2 aromatic carbocycles. The molecule has 1 aliphatic heterocycles. The number of alkyl halides is 2. The van der Waals surface area contributed by atoms with Crippen molar-refractivity contribution in [1.82, 2.24) is 15.1 Å². The van der Waals surface area contributed by atoms with Gasteiger partial charge in [-0.05, 0) is 65.3 Å². The lowest BCUT2D eigenvalue weighted by Crippen LogP contribution is -2.42. The van der Waals surface area contributed by atoms with Crippen LogP contribution < -0.4 is 5.32 Å². The van der Waals surface area contributed by atoms with E-state index in [-0.39, 0.29) is 5.56 Å². The van der Waals surface area contributed by atoms with Crippen molar-refractivity contribution in [3.8, 4) is 0 Å². The van der Waals surface area contributed by atoms with Gasteiger partial charge in [0.2, 0.25) is 0 Å². The van der Waals surface area contributed by atoms with Crippen LogP contribution in [0.25, 0.3) is 5.57 Å². The molecule has 0 amide bonds. The summed E-state index contributed by atoms with van der Waals surface area (Å²) in [6.07, 6.45) is 7.84. The number of carbonyl (C=O) groups is 1. The third-order valence-electron chi connectivity index (χ3n) is 6.62. The zero-order valence-corrected chi connectivity index (χ0v) is 28.0. The van der Waals surface area contributed by atoms with Crippen LogP contribution in [0.15, 0.2) is 103 Å². The summed E-state index contributed by atoms with van der Waals surface area (Å²) in [5.41, 5.74) is 7.32. The van der Waals surface area contributed by atoms with Crippen molar-refractivity contribution in [2.24, 2.45) is 4.99 Å². The predicted molar refractivity (Wildman–Crippen MR) is 186 cm³/mol. The molecule has 0 aliphatic carbocycles. The van der Waals surface area contributed by atoms with Crippen LogP contribution in [0, 0.1) is 13.8 Å². The maximum Gasteiger partial charge on any atom is 0.270 e. The fraction of sp³-hybridized carbons (Fsp3) is 0.351. The van der Waals surface area contributed by atoms with E-state index >= 15 is 0 Å². The topological polar surface area (TPSA) is 47.9 Å². The lowest BCUT2D eigenvalue weighted by Gasteiger charge is -2.32. The number of hydrogen-bond donors (Lipinski definition) is 1. The van der Waals surface area contributed by atoms with Gasteiger partial charge in [-0.2, -0.15) is 0 Å². The summed E-state index contributed by atoms with van der Waals surface area (Å²) in [6, 6.07) is 13.5. The molecule has 0 spiro atoms. The fourth-order valence-corrected chi connectivity index (χ4v) is 4.54. The molecule has 7 heteroatoms. The molecule has 1 fully saturated rings. The number of piperazine rings is 1. The number of nitrogens with zero attached hydrogens (tertiary/aromatic N) is 3. The van der Waals surface area contributed by atoms with Crippen LogP contribution in [-0.2, 0) is 10.7 Å². The summed E-state index contributed by atoms with van der Waals surface area (Å²) in [4.78, 5) is 16.8. The second kappa shape index (κ2) is 20.7. The minimum Gasteiger partial charge on any atom is -0.373 e. The Morgan fingerprint density at radius 1 is 1.00 bits per heavy atom. The number of aliphatic imine (C=N–C) groups is 1. The first-order chi connectivity index (χ1) is 20.8. The normalized spacial score (nSPS) is 14.0. The summed E-state index contributed by atoms with van der Waals surface area (Å²) in [5, 5.41) is 3.25. The molecule has 1 heterocycles. The number of aryl methyl sites for hydroxylation is 1. The molecule has 44 heavy (non-hydrogen) atoms. The second-order valence-electron chi connectivity index (χ2n) is 10.6. The second-order valence-corrected chi connectivity index (χ2v) is 10.6. The Bertz CT molecular complexity index is 1290. The van der Waals surface area contributed by atoms with Crippen molar-refractivity contribution in [2.75, 3.05) is 33.2 Å². The molecular weight excluding hydrogens is 554 g/mol. The van der Waals surface area contributed by atoms with E-state index in [1.165, 1.54) is 34.5 Å². The molecule has 0 atom stereocenters. The molecule has 0 unspecified atom stereocenters. The third-order valence-corrected chi connectivity index (χ3v) is 6.62. The van der Waals surface area contributed by atoms with E-state index in [0.29, 0.717) is 17.0 Å². The fourth-order valence-electron chi connectivity index (χ4n) is 4.54. The van der Waals surface area contributed by atoms with Gasteiger partial charge in [0.25, 0.3) is 5.92 Å². The molecular formula is C37H52F2N4O. The number of carbonyl (C=O) groups excluding carboxylic acids is 1.